The summed E-state index contributed by atoms with van der Waals surface area (Å²) in [6, 6.07) is 24.0. The Kier molecular flexibility index (Phi) is 31.5. The van der Waals surface area contributed by atoms with Crippen molar-refractivity contribution in [2.45, 2.75) is 113 Å². The molecule has 2 aromatic carbocycles. The average Bonchev–Trinajstić information content (AvgIpc) is 1.63. The van der Waals surface area contributed by atoms with Crippen LogP contribution in [0.15, 0.2) is 113 Å². The van der Waals surface area contributed by atoms with Crippen molar-refractivity contribution in [1.29, 1.82) is 0 Å². The zero-order chi connectivity index (χ0) is 72.3. The van der Waals surface area contributed by atoms with Crippen LogP contribution in [0.2, 0.25) is 5.82 Å². The predicted molar refractivity (Wildman–Crippen MR) is 412 cm³/mol. The highest BCUT2D eigenvalue weighted by Crippen LogP contribution is 2.47. The third-order valence-electron chi connectivity index (χ3n) is 15.3. The Morgan fingerprint density at radius 3 is 1.46 bits per heavy atom. The van der Waals surface area contributed by atoms with E-state index in [1.54, 1.807) is 45.8 Å². The fraction of sp³-hybridized carbons (Fsp3) is 0.309. The minimum atomic E-state index is -1.04. The third-order valence-corrected chi connectivity index (χ3v) is 25.7. The molecule has 11 heterocycles. The summed E-state index contributed by atoms with van der Waals surface area (Å²) in [5.74, 6) is 0.751. The smallest absolute Gasteiger partial charge is 0.454 e. The molecule has 0 radical (unpaired) electrons. The topological polar surface area (TPSA) is 253 Å². The molecule has 0 spiro atoms. The number of nitrogens with two attached hydrogens (primary N) is 1. The van der Waals surface area contributed by atoms with Crippen LogP contribution < -0.4 is 21.7 Å². The molecule has 3 fully saturated rings. The molecule has 17 nitrogen and oxygen atoms in total. The van der Waals surface area contributed by atoms with Crippen LogP contribution in [-0.4, -0.2) is 84.9 Å². The number of fused-ring (bicyclic) bond motifs is 4. The number of ether oxygens (including phenoxy) is 3. The maximum Gasteiger partial charge on any atom is 0.454 e. The molecule has 32 heteroatoms. The van der Waals surface area contributed by atoms with Crippen LogP contribution in [0.25, 0.3) is 0 Å². The van der Waals surface area contributed by atoms with Crippen molar-refractivity contribution in [3.63, 3.8) is 0 Å². The Balaban J connectivity index is 0.000000146. The predicted octanol–water partition coefficient (Wildman–Crippen LogP) is 17.7. The quantitative estimate of drug-likeness (QED) is 0.0305. The fourth-order valence-electron chi connectivity index (χ4n) is 9.40. The van der Waals surface area contributed by atoms with Gasteiger partial charge in [-0.2, -0.15) is 0 Å². The highest BCUT2D eigenvalue weighted by atomic mass is 79.9. The molecule has 4 amide bonds. The summed E-state index contributed by atoms with van der Waals surface area (Å²) >= 11 is 26.7. The summed E-state index contributed by atoms with van der Waals surface area (Å²) in [6.45, 7) is 5.37. The van der Waals surface area contributed by atoms with Crippen LogP contribution in [0.4, 0.5) is 8.78 Å². The van der Waals surface area contributed by atoms with Gasteiger partial charge in [-0.1, -0.05) is 88.7 Å². The van der Waals surface area contributed by atoms with E-state index in [1.165, 1.54) is 131 Å². The van der Waals surface area contributed by atoms with Gasteiger partial charge in [-0.05, 0) is 199 Å². The number of benzene rings is 2. The normalized spacial score (nSPS) is 14.4. The van der Waals surface area contributed by atoms with E-state index in [4.69, 9.17) is 15.8 Å². The first-order valence-electron chi connectivity index (χ1n) is 30.7. The number of nitrogens with zero attached hydrogens (tertiary/aromatic N) is 1. The summed E-state index contributed by atoms with van der Waals surface area (Å²) in [5, 5.41) is 33.6. The summed E-state index contributed by atoms with van der Waals surface area (Å²) in [5.41, 5.74) is 14.0. The maximum absolute atomic E-state index is 13.9. The zero-order valence-corrected chi connectivity index (χ0v) is 67.7. The Hall–Kier alpha value is -5.17. The monoisotopic (exact) mass is 1810 g/mol. The molecule has 9 aromatic rings. The van der Waals surface area contributed by atoms with E-state index < -0.39 is 7.12 Å². The van der Waals surface area contributed by atoms with Crippen molar-refractivity contribution >= 4 is 208 Å². The minimum Gasteiger partial charge on any atom is -0.465 e. The van der Waals surface area contributed by atoms with Crippen LogP contribution in [0.5, 0.6) is 0 Å². The van der Waals surface area contributed by atoms with E-state index in [0.717, 1.165) is 93.0 Å². The lowest BCUT2D eigenvalue weighted by molar-refractivity contribution is 0.0596. The number of thiophene rings is 7. The lowest BCUT2D eigenvalue weighted by atomic mass is 9.84. The average molecular weight is 1820 g/mol. The lowest BCUT2D eigenvalue weighted by Gasteiger charge is -2.16. The Morgan fingerprint density at radius 1 is 0.550 bits per heavy atom. The number of rotatable bonds is 11. The molecule has 0 bridgehead atoms. The molecular formula is C68H67BBr5F2N5O12S7. The number of carbonyl (C=O) groups excluding carboxylic acids is 7. The van der Waals surface area contributed by atoms with Crippen molar-refractivity contribution in [3.05, 3.63) is 219 Å². The molecule has 7 aromatic heterocycles. The molecular weight excluding hydrogens is 1750 g/mol. The number of halogens is 7. The number of aryl methyl sites for hydroxylation is 1. The molecule has 100 heavy (non-hydrogen) atoms. The van der Waals surface area contributed by atoms with Gasteiger partial charge >= 0.3 is 25.0 Å². The summed E-state index contributed by atoms with van der Waals surface area (Å²) in [4.78, 5) is 88.4. The summed E-state index contributed by atoms with van der Waals surface area (Å²) < 4.78 is 42.9. The van der Waals surface area contributed by atoms with Gasteiger partial charge in [0.2, 0.25) is 0 Å². The maximum atomic E-state index is 13.9. The highest BCUT2D eigenvalue weighted by molar-refractivity contribution is 9.11. The number of esters is 3. The molecule has 0 unspecified atom stereocenters. The zero-order valence-electron chi connectivity index (χ0n) is 54.0. The van der Waals surface area contributed by atoms with Crippen LogP contribution >= 0.6 is 159 Å². The van der Waals surface area contributed by atoms with Gasteiger partial charge in [-0.25, -0.2) is 23.2 Å². The number of methoxy groups -OCH3 is 3. The van der Waals surface area contributed by atoms with Gasteiger partial charge in [0.05, 0.1) is 44.6 Å². The van der Waals surface area contributed by atoms with E-state index in [2.05, 4.69) is 122 Å². The van der Waals surface area contributed by atoms with E-state index in [9.17, 15) is 42.3 Å². The summed E-state index contributed by atoms with van der Waals surface area (Å²) in [7, 11) is 3.11. The molecule has 530 valence electrons. The molecule has 3 saturated carbocycles. The standard InChI is InChI=1S/C16H13BrFNOS.C9H9NOS.C7H5Br2F.C7H7BrO2S.C7H9NO2S.C7H8O2S.C6H4BrNOS.C6H5NOS.C3H7BO2/c17-12-4-3-10(13(18)6-12)7-19-8-11-5-14(9-1-2-9)21-15(11)16(19)20;11-9-8-6(4-10-9)3-7(12-8)5-1-2-5;8-4-5-1-2-6(9)3-7(5)10;2*1-10-7(9)6-5(4-8)2-3-11-6;1-5-3-4-10-6(5)7(8)9-2;7-4-1-3-2-8-6(9)5(3)10-4;8-6-5-4(3-7-6)1-2-9-5;5-4(6)3-1-2-3/h3-6,9H,1-2,7-8H2;3,5H,1-2,4H2,(H,10,11);1-3H,4H2;2-3H,4H2,1H3;2-3H,4,8H2,1H3;3-4H,1-2H3;1H,2H2,(H,8,9);1-2H,3H2,(H,7,8);3,5-6H,1-2H2. The number of hydrogen-bond donors (Lipinski definition) is 6. The first-order chi connectivity index (χ1) is 48.0. The number of carbonyl (C=O) groups is 7. The molecule has 4 aliphatic heterocycles. The van der Waals surface area contributed by atoms with Gasteiger partial charge < -0.3 is 50.8 Å². The van der Waals surface area contributed by atoms with Crippen molar-refractivity contribution in [3.8, 4) is 0 Å². The molecule has 0 saturated heterocycles. The third kappa shape index (κ3) is 22.9. The minimum absolute atomic E-state index is 0.0456. The molecule has 0 atom stereocenters. The molecule has 7 N–H and O–H groups in total. The van der Waals surface area contributed by atoms with E-state index in [-0.39, 0.29) is 59.0 Å². The molecule has 16 rings (SSSR count). The van der Waals surface area contributed by atoms with Crippen molar-refractivity contribution in [2.75, 3.05) is 21.3 Å². The van der Waals surface area contributed by atoms with E-state index >= 15 is 0 Å². The van der Waals surface area contributed by atoms with Crippen LogP contribution in [-0.2, 0) is 64.1 Å². The molecule has 7 aliphatic rings. The Morgan fingerprint density at radius 2 is 1.01 bits per heavy atom. The van der Waals surface area contributed by atoms with Crippen LogP contribution in [0, 0.1) is 18.6 Å². The van der Waals surface area contributed by atoms with Gasteiger partial charge in [0.15, 0.2) is 0 Å². The molecule has 3 aliphatic carbocycles. The SMILES string of the molecule is COC(=O)c1sccc1C.COC(=O)c1sccc1CBr.COC(=O)c1sccc1CN.Fc1cc(Br)ccc1CBr.O=C1NCc2cc(Br)sc21.O=C1NCc2cc(C3CC3)sc21.O=C1NCc2ccsc21.O=C1c2sc(C3CC3)cc2CN1Cc1ccc(Br)cc1F.OB(O)C1CC1. The first kappa shape index (κ1) is 80.5. The Labute approximate surface area is 647 Å². The van der Waals surface area contributed by atoms with Gasteiger partial charge in [-0.15, -0.1) is 79.4 Å². The Bertz CT molecular complexity index is 4280. The van der Waals surface area contributed by atoms with Crippen LogP contribution in [0.1, 0.15) is 178 Å². The van der Waals surface area contributed by atoms with Gasteiger partial charge in [-0.3, -0.25) is 19.2 Å². The van der Waals surface area contributed by atoms with E-state index in [0.29, 0.717) is 73.0 Å². The van der Waals surface area contributed by atoms with Crippen molar-refractivity contribution in [2.24, 2.45) is 5.73 Å². The number of nitrogens with one attached hydrogen (secondary N) is 3. The second-order valence-electron chi connectivity index (χ2n) is 22.6. The van der Waals surface area contributed by atoms with E-state index in [1.807, 2.05) is 64.8 Å². The number of alkyl halides is 2. The fourth-order valence-corrected chi connectivity index (χ4v) is 18.7. The summed E-state index contributed by atoms with van der Waals surface area (Å²) in [6.07, 6.45) is 7.14. The second kappa shape index (κ2) is 39.1. The largest absolute Gasteiger partial charge is 0.465 e. The van der Waals surface area contributed by atoms with Crippen LogP contribution in [0.3, 0.4) is 0 Å². The van der Waals surface area contributed by atoms with Crippen molar-refractivity contribution in [1.82, 2.24) is 20.9 Å². The second-order valence-corrected chi connectivity index (χ2v) is 33.8. The van der Waals surface area contributed by atoms with Gasteiger partial charge in [0.25, 0.3) is 23.6 Å². The highest BCUT2D eigenvalue weighted by Gasteiger charge is 2.35. The first-order valence-corrected chi connectivity index (χ1v) is 41.3. The van der Waals surface area contributed by atoms with Crippen molar-refractivity contribution < 1.29 is 66.6 Å². The lowest BCUT2D eigenvalue weighted by Crippen LogP contribution is -2.23. The van der Waals surface area contributed by atoms with Gasteiger partial charge in [0, 0.05) is 74.2 Å². The number of hydrogen-bond acceptors (Lipinski definition) is 20. The number of amides is 4. The van der Waals surface area contributed by atoms with Gasteiger partial charge in [0.1, 0.15) is 26.3 Å².